The van der Waals surface area contributed by atoms with Crippen LogP contribution in [0.4, 0.5) is 0 Å². The van der Waals surface area contributed by atoms with Crippen molar-refractivity contribution in [1.29, 1.82) is 0 Å². The van der Waals surface area contributed by atoms with Gasteiger partial charge in [0.05, 0.1) is 17.7 Å². The molecule has 0 aromatic heterocycles. The average molecular weight is 613 g/mol. The number of allylic oxidation sites excluding steroid dienone is 1. The zero-order chi connectivity index (χ0) is 32.9. The Morgan fingerprint density at radius 1 is 0.644 bits per heavy atom. The predicted octanol–water partition coefficient (Wildman–Crippen LogP) is 9.19. The standard InChI is InChI=1S/C27H32O5.C12H16O/c1-18(2)16-30-25(21-6-5-7-21)22-12-14-24(15-13-22)27(29)32-20(4)17-31-26(28)23-10-8-19(3)9-11-23;1-4-10(3)12(13)11-7-5-9(2)6-8-11/h8-15,18,20H,5-7,16-17H2,1-4H3;5-8,10H,4H2,1-3H3. The molecule has 6 heteroatoms. The number of ketones is 1. The van der Waals surface area contributed by atoms with Crippen molar-refractivity contribution in [1.82, 2.24) is 0 Å². The summed E-state index contributed by atoms with van der Waals surface area (Å²) in [4.78, 5) is 36.3. The van der Waals surface area contributed by atoms with Crippen molar-refractivity contribution in [3.8, 4) is 0 Å². The van der Waals surface area contributed by atoms with Crippen LogP contribution in [-0.4, -0.2) is 37.0 Å². The molecule has 4 rings (SSSR count). The minimum Gasteiger partial charge on any atom is -0.493 e. The summed E-state index contributed by atoms with van der Waals surface area (Å²) in [7, 11) is 0. The number of Topliss-reactive ketones (excluding diaryl/α,β-unsaturated/α-hetero) is 1. The van der Waals surface area contributed by atoms with Crippen LogP contribution in [0.1, 0.15) is 108 Å². The first kappa shape index (κ1) is 35.3. The number of aryl methyl sites for hydroxylation is 2. The second-order valence-corrected chi connectivity index (χ2v) is 12.3. The van der Waals surface area contributed by atoms with E-state index in [9.17, 15) is 14.4 Å². The Balaban J connectivity index is 0.000000355. The van der Waals surface area contributed by atoms with Crippen molar-refractivity contribution >= 4 is 23.5 Å². The Labute approximate surface area is 268 Å². The summed E-state index contributed by atoms with van der Waals surface area (Å²) in [6.45, 7) is 14.6. The van der Waals surface area contributed by atoms with Crippen molar-refractivity contribution < 1.29 is 28.6 Å². The van der Waals surface area contributed by atoms with Gasteiger partial charge in [-0.1, -0.05) is 87.4 Å². The lowest BCUT2D eigenvalue weighted by molar-refractivity contribution is 0.00448. The molecule has 0 amide bonds. The van der Waals surface area contributed by atoms with E-state index in [-0.39, 0.29) is 18.3 Å². The quantitative estimate of drug-likeness (QED) is 0.115. The topological polar surface area (TPSA) is 78.9 Å². The summed E-state index contributed by atoms with van der Waals surface area (Å²) in [6.07, 6.45) is 3.68. The van der Waals surface area contributed by atoms with Gasteiger partial charge in [-0.3, -0.25) is 4.79 Å². The van der Waals surface area contributed by atoms with Gasteiger partial charge in [0.15, 0.2) is 5.78 Å². The first-order valence-electron chi connectivity index (χ1n) is 16.0. The number of benzene rings is 3. The van der Waals surface area contributed by atoms with Crippen LogP contribution in [0, 0.1) is 25.7 Å². The van der Waals surface area contributed by atoms with E-state index >= 15 is 0 Å². The monoisotopic (exact) mass is 612 g/mol. The smallest absolute Gasteiger partial charge is 0.338 e. The summed E-state index contributed by atoms with van der Waals surface area (Å²) in [5, 5.41) is 0. The van der Waals surface area contributed by atoms with Crippen molar-refractivity contribution in [2.24, 2.45) is 11.8 Å². The van der Waals surface area contributed by atoms with E-state index in [2.05, 4.69) is 13.8 Å². The number of hydrogen-bond acceptors (Lipinski definition) is 6. The van der Waals surface area contributed by atoms with E-state index in [0.717, 1.165) is 41.7 Å². The molecule has 0 N–H and O–H groups in total. The van der Waals surface area contributed by atoms with Gasteiger partial charge in [0.25, 0.3) is 0 Å². The molecule has 0 aliphatic heterocycles. The Morgan fingerprint density at radius 3 is 1.62 bits per heavy atom. The molecule has 0 spiro atoms. The van der Waals surface area contributed by atoms with Crippen LogP contribution >= 0.6 is 0 Å². The molecule has 0 radical (unpaired) electrons. The van der Waals surface area contributed by atoms with E-state index in [1.165, 1.54) is 17.6 Å². The summed E-state index contributed by atoms with van der Waals surface area (Å²) < 4.78 is 16.8. The van der Waals surface area contributed by atoms with Crippen molar-refractivity contribution in [3.05, 3.63) is 112 Å². The Hall–Kier alpha value is -4.19. The molecule has 2 unspecified atom stereocenters. The van der Waals surface area contributed by atoms with E-state index in [1.54, 1.807) is 31.2 Å². The maximum Gasteiger partial charge on any atom is 0.338 e. The molecule has 240 valence electrons. The van der Waals surface area contributed by atoms with Gasteiger partial charge in [0, 0.05) is 17.0 Å². The highest BCUT2D eigenvalue weighted by molar-refractivity contribution is 5.97. The van der Waals surface area contributed by atoms with Crippen molar-refractivity contribution in [2.45, 2.75) is 80.3 Å². The maximum atomic E-state index is 12.5. The third kappa shape index (κ3) is 11.0. The Kier molecular flexibility index (Phi) is 13.6. The summed E-state index contributed by atoms with van der Waals surface area (Å²) in [6, 6.07) is 22.2. The zero-order valence-electron chi connectivity index (χ0n) is 27.9. The van der Waals surface area contributed by atoms with Gasteiger partial charge in [-0.25, -0.2) is 9.59 Å². The molecule has 3 aromatic carbocycles. The number of esters is 2. The highest BCUT2D eigenvalue weighted by Crippen LogP contribution is 2.34. The summed E-state index contributed by atoms with van der Waals surface area (Å²) >= 11 is 0. The SMILES string of the molecule is CCC(C)C(=O)c1ccc(C)cc1.Cc1ccc(C(=O)OCC(C)OC(=O)c2ccc(C(OCC(C)C)=C3CCC3)cc2)cc1. The van der Waals surface area contributed by atoms with Crippen LogP contribution in [0.5, 0.6) is 0 Å². The summed E-state index contributed by atoms with van der Waals surface area (Å²) in [5.41, 5.74) is 6.34. The first-order chi connectivity index (χ1) is 21.5. The number of ether oxygens (including phenoxy) is 3. The molecule has 1 fully saturated rings. The third-order valence-corrected chi connectivity index (χ3v) is 7.66. The lowest BCUT2D eigenvalue weighted by Gasteiger charge is -2.23. The fraction of sp³-hybridized carbons (Fsp3) is 0.410. The molecule has 45 heavy (non-hydrogen) atoms. The zero-order valence-corrected chi connectivity index (χ0v) is 27.9. The maximum absolute atomic E-state index is 12.5. The highest BCUT2D eigenvalue weighted by atomic mass is 16.6. The minimum atomic E-state index is -0.557. The predicted molar refractivity (Wildman–Crippen MR) is 179 cm³/mol. The molecular weight excluding hydrogens is 564 g/mol. The third-order valence-electron chi connectivity index (χ3n) is 7.66. The number of carbonyl (C=O) groups is 3. The first-order valence-corrected chi connectivity index (χ1v) is 16.0. The molecule has 1 aliphatic rings. The van der Waals surface area contributed by atoms with Crippen LogP contribution in [0.25, 0.3) is 5.76 Å². The van der Waals surface area contributed by atoms with Gasteiger partial charge in [0.1, 0.15) is 18.5 Å². The van der Waals surface area contributed by atoms with Crippen molar-refractivity contribution in [2.75, 3.05) is 13.2 Å². The highest BCUT2D eigenvalue weighted by Gasteiger charge is 2.20. The number of rotatable bonds is 12. The molecule has 6 nitrogen and oxygen atoms in total. The molecule has 0 bridgehead atoms. The van der Waals surface area contributed by atoms with Gasteiger partial charge in [-0.05, 0) is 82.2 Å². The van der Waals surface area contributed by atoms with Gasteiger partial charge < -0.3 is 14.2 Å². The second-order valence-electron chi connectivity index (χ2n) is 12.3. The largest absolute Gasteiger partial charge is 0.493 e. The van der Waals surface area contributed by atoms with E-state index in [4.69, 9.17) is 14.2 Å². The lowest BCUT2D eigenvalue weighted by atomic mass is 9.89. The van der Waals surface area contributed by atoms with Gasteiger partial charge in [-0.2, -0.15) is 0 Å². The molecule has 3 aromatic rings. The number of hydrogen-bond donors (Lipinski definition) is 0. The average Bonchev–Trinajstić information content (AvgIpc) is 3.01. The number of carbonyl (C=O) groups excluding carboxylic acids is 3. The van der Waals surface area contributed by atoms with Crippen molar-refractivity contribution in [3.63, 3.8) is 0 Å². The Bertz CT molecular complexity index is 1430. The van der Waals surface area contributed by atoms with Gasteiger partial charge in [-0.15, -0.1) is 0 Å². The Morgan fingerprint density at radius 2 is 1.13 bits per heavy atom. The summed E-state index contributed by atoms with van der Waals surface area (Å²) in [5.74, 6) is 0.902. The molecule has 0 heterocycles. The van der Waals surface area contributed by atoms with Gasteiger partial charge in [0.2, 0.25) is 0 Å². The van der Waals surface area contributed by atoms with Crippen LogP contribution in [0.3, 0.4) is 0 Å². The fourth-order valence-electron chi connectivity index (χ4n) is 4.42. The molecular formula is C39H48O6. The molecule has 2 atom stereocenters. The van der Waals surface area contributed by atoms with Crippen LogP contribution < -0.4 is 0 Å². The van der Waals surface area contributed by atoms with Gasteiger partial charge >= 0.3 is 11.9 Å². The van der Waals surface area contributed by atoms with E-state index < -0.39 is 18.0 Å². The van der Waals surface area contributed by atoms with Crippen LogP contribution in [0.15, 0.2) is 78.4 Å². The van der Waals surface area contributed by atoms with Crippen LogP contribution in [-0.2, 0) is 14.2 Å². The lowest BCUT2D eigenvalue weighted by Crippen LogP contribution is -2.22. The molecule has 1 aliphatic carbocycles. The van der Waals surface area contributed by atoms with Crippen LogP contribution in [0.2, 0.25) is 0 Å². The van der Waals surface area contributed by atoms with E-state index in [0.29, 0.717) is 23.7 Å². The second kappa shape index (κ2) is 17.3. The van der Waals surface area contributed by atoms with E-state index in [1.807, 2.05) is 76.2 Å². The molecule has 1 saturated carbocycles. The minimum absolute atomic E-state index is 0.00415. The fourth-order valence-corrected chi connectivity index (χ4v) is 4.42. The molecule has 0 saturated heterocycles. The normalized spacial score (nSPS) is 13.5.